The van der Waals surface area contributed by atoms with E-state index in [4.69, 9.17) is 10.5 Å². The van der Waals surface area contributed by atoms with E-state index in [-0.39, 0.29) is 0 Å². The van der Waals surface area contributed by atoms with Gasteiger partial charge in [0, 0.05) is 11.1 Å². The Hall–Kier alpha value is -1.14. The number of aromatic nitrogens is 1. The first kappa shape index (κ1) is 9.42. The second-order valence-electron chi connectivity index (χ2n) is 3.02. The summed E-state index contributed by atoms with van der Waals surface area (Å²) in [5, 5.41) is 1.06. The first-order chi connectivity index (χ1) is 6.75. The van der Waals surface area contributed by atoms with Gasteiger partial charge in [0.15, 0.2) is 5.96 Å². The zero-order valence-corrected chi connectivity index (χ0v) is 8.75. The van der Waals surface area contributed by atoms with Crippen LogP contribution in [-0.2, 0) is 11.3 Å². The van der Waals surface area contributed by atoms with E-state index in [1.807, 2.05) is 18.0 Å². The summed E-state index contributed by atoms with van der Waals surface area (Å²) in [4.78, 5) is 11.2. The van der Waals surface area contributed by atoms with Gasteiger partial charge in [0.2, 0.25) is 0 Å². The van der Waals surface area contributed by atoms with E-state index in [9.17, 15) is 0 Å². The molecule has 2 N–H and O–H groups in total. The molecule has 0 radical (unpaired) electrons. The smallest absolute Gasteiger partial charge is 0.195 e. The van der Waals surface area contributed by atoms with E-state index >= 15 is 0 Å². The minimum Gasteiger partial charge on any atom is -0.370 e. The second kappa shape index (κ2) is 3.93. The Labute approximate surface area is 86.2 Å². The molecule has 0 fully saturated rings. The summed E-state index contributed by atoms with van der Waals surface area (Å²) < 4.78 is 5.17. The van der Waals surface area contributed by atoms with Crippen molar-refractivity contribution in [1.29, 1.82) is 0 Å². The van der Waals surface area contributed by atoms with Gasteiger partial charge in [0.1, 0.15) is 13.5 Å². The molecule has 1 aromatic rings. The Balaban J connectivity index is 2.03. The van der Waals surface area contributed by atoms with E-state index in [2.05, 4.69) is 9.98 Å². The normalized spacial score (nSPS) is 16.9. The van der Waals surface area contributed by atoms with Gasteiger partial charge in [-0.15, -0.1) is 11.3 Å². The highest BCUT2D eigenvalue weighted by Crippen LogP contribution is 2.14. The zero-order chi connectivity index (χ0) is 9.97. The van der Waals surface area contributed by atoms with Crippen molar-refractivity contribution < 1.29 is 4.74 Å². The standard InChI is InChI=1S/C8H12N4OS/c1-6-10-2-7(14-6)3-12-5-13-4-11-8(12)9/h2H,3-5H2,1H3,(H2,9,11). The molecule has 2 rings (SSSR count). The van der Waals surface area contributed by atoms with E-state index in [1.54, 1.807) is 11.3 Å². The van der Waals surface area contributed by atoms with Crippen LogP contribution < -0.4 is 5.73 Å². The molecule has 0 atom stereocenters. The van der Waals surface area contributed by atoms with Gasteiger partial charge < -0.3 is 15.4 Å². The average molecular weight is 212 g/mol. The number of aliphatic imine (C=N–C) groups is 1. The topological polar surface area (TPSA) is 63.7 Å². The minimum absolute atomic E-state index is 0.365. The molecule has 14 heavy (non-hydrogen) atoms. The van der Waals surface area contributed by atoms with Crippen LogP contribution in [0, 0.1) is 6.92 Å². The van der Waals surface area contributed by atoms with Crippen molar-refractivity contribution in [1.82, 2.24) is 9.88 Å². The highest BCUT2D eigenvalue weighted by atomic mass is 32.1. The van der Waals surface area contributed by atoms with Crippen LogP contribution in [0.4, 0.5) is 0 Å². The van der Waals surface area contributed by atoms with Crippen molar-refractivity contribution in [2.75, 3.05) is 13.5 Å². The molecular weight excluding hydrogens is 200 g/mol. The maximum absolute atomic E-state index is 5.71. The quantitative estimate of drug-likeness (QED) is 0.776. The van der Waals surface area contributed by atoms with E-state index in [0.717, 1.165) is 11.6 Å². The van der Waals surface area contributed by atoms with Gasteiger partial charge in [-0.3, -0.25) is 0 Å². The third-order valence-corrected chi connectivity index (χ3v) is 2.80. The van der Waals surface area contributed by atoms with Crippen LogP contribution in [0.1, 0.15) is 9.88 Å². The molecule has 0 saturated carbocycles. The lowest BCUT2D eigenvalue weighted by Crippen LogP contribution is -2.41. The van der Waals surface area contributed by atoms with Crippen LogP contribution >= 0.6 is 11.3 Å². The van der Waals surface area contributed by atoms with Crippen LogP contribution in [0.3, 0.4) is 0 Å². The lowest BCUT2D eigenvalue weighted by atomic mass is 10.5. The molecule has 2 heterocycles. The first-order valence-corrected chi connectivity index (χ1v) is 5.11. The van der Waals surface area contributed by atoms with Crippen LogP contribution in [-0.4, -0.2) is 29.3 Å². The average Bonchev–Trinajstić information content (AvgIpc) is 2.56. The maximum atomic E-state index is 5.71. The van der Waals surface area contributed by atoms with E-state index in [0.29, 0.717) is 19.4 Å². The molecule has 1 aliphatic heterocycles. The van der Waals surface area contributed by atoms with Crippen LogP contribution in [0.5, 0.6) is 0 Å². The highest BCUT2D eigenvalue weighted by Gasteiger charge is 2.13. The molecule has 5 nitrogen and oxygen atoms in total. The van der Waals surface area contributed by atoms with Gasteiger partial charge in [-0.1, -0.05) is 0 Å². The molecule has 0 saturated heterocycles. The van der Waals surface area contributed by atoms with Crippen molar-refractivity contribution in [3.63, 3.8) is 0 Å². The zero-order valence-electron chi connectivity index (χ0n) is 7.93. The van der Waals surface area contributed by atoms with Gasteiger partial charge in [0.05, 0.1) is 11.6 Å². The summed E-state index contributed by atoms with van der Waals surface area (Å²) in [5.41, 5.74) is 5.71. The fourth-order valence-corrected chi connectivity index (χ4v) is 2.03. The van der Waals surface area contributed by atoms with Crippen molar-refractivity contribution >= 4 is 17.3 Å². The largest absolute Gasteiger partial charge is 0.370 e. The first-order valence-electron chi connectivity index (χ1n) is 4.29. The van der Waals surface area contributed by atoms with Gasteiger partial charge in [-0.2, -0.15) is 0 Å². The van der Waals surface area contributed by atoms with Crippen LogP contribution in [0.15, 0.2) is 11.2 Å². The Morgan fingerprint density at radius 1 is 1.71 bits per heavy atom. The summed E-state index contributed by atoms with van der Waals surface area (Å²) in [6.45, 7) is 3.58. The lowest BCUT2D eigenvalue weighted by molar-refractivity contribution is 0.0497. The molecule has 76 valence electrons. The Morgan fingerprint density at radius 2 is 2.57 bits per heavy atom. The second-order valence-corrected chi connectivity index (χ2v) is 4.34. The Morgan fingerprint density at radius 3 is 3.21 bits per heavy atom. The molecule has 0 aromatic carbocycles. The molecule has 0 unspecified atom stereocenters. The van der Waals surface area contributed by atoms with Gasteiger partial charge in [-0.05, 0) is 6.92 Å². The van der Waals surface area contributed by atoms with Crippen molar-refractivity contribution in [3.05, 3.63) is 16.1 Å². The summed E-state index contributed by atoms with van der Waals surface area (Å²) in [6, 6.07) is 0. The number of thiazole rings is 1. The van der Waals surface area contributed by atoms with Crippen molar-refractivity contribution in [2.24, 2.45) is 10.7 Å². The summed E-state index contributed by atoms with van der Waals surface area (Å²) in [6.07, 6.45) is 1.86. The molecule has 0 spiro atoms. The fraction of sp³-hybridized carbons (Fsp3) is 0.500. The molecule has 0 amide bonds. The predicted molar refractivity (Wildman–Crippen MR) is 54.8 cm³/mol. The summed E-state index contributed by atoms with van der Waals surface area (Å²) >= 11 is 1.66. The molecule has 1 aliphatic rings. The Kier molecular flexibility index (Phi) is 2.64. The molecule has 1 aromatic heterocycles. The molecule has 0 bridgehead atoms. The Bertz CT molecular complexity index is 349. The van der Waals surface area contributed by atoms with E-state index < -0.39 is 0 Å². The fourth-order valence-electron chi connectivity index (χ4n) is 1.22. The summed E-state index contributed by atoms with van der Waals surface area (Å²) in [5.74, 6) is 0.544. The highest BCUT2D eigenvalue weighted by molar-refractivity contribution is 7.11. The van der Waals surface area contributed by atoms with Crippen molar-refractivity contribution in [3.8, 4) is 0 Å². The van der Waals surface area contributed by atoms with Crippen LogP contribution in [0.25, 0.3) is 0 Å². The molecular formula is C8H12N4OS. The monoisotopic (exact) mass is 212 g/mol. The lowest BCUT2D eigenvalue weighted by Gasteiger charge is -2.25. The number of nitrogens with zero attached hydrogens (tertiary/aromatic N) is 3. The maximum Gasteiger partial charge on any atom is 0.195 e. The van der Waals surface area contributed by atoms with E-state index in [1.165, 1.54) is 4.88 Å². The molecule has 0 aliphatic carbocycles. The van der Waals surface area contributed by atoms with Gasteiger partial charge in [0.25, 0.3) is 0 Å². The number of hydrogen-bond acceptors (Lipinski definition) is 6. The number of nitrogens with two attached hydrogens (primary N) is 1. The number of hydrogen-bond donors (Lipinski definition) is 1. The number of aryl methyl sites for hydroxylation is 1. The SMILES string of the molecule is Cc1ncc(CN2COCN=C2N)s1. The molecule has 6 heteroatoms. The third kappa shape index (κ3) is 2.02. The third-order valence-electron chi connectivity index (χ3n) is 1.90. The van der Waals surface area contributed by atoms with Crippen LogP contribution in [0.2, 0.25) is 0 Å². The van der Waals surface area contributed by atoms with Gasteiger partial charge >= 0.3 is 0 Å². The number of guanidine groups is 1. The predicted octanol–water partition coefficient (Wildman–Crippen LogP) is 0.513. The minimum atomic E-state index is 0.365. The van der Waals surface area contributed by atoms with Crippen molar-refractivity contribution in [2.45, 2.75) is 13.5 Å². The van der Waals surface area contributed by atoms with Gasteiger partial charge in [-0.25, -0.2) is 9.98 Å². The summed E-state index contributed by atoms with van der Waals surface area (Å²) in [7, 11) is 0. The number of ether oxygens (including phenoxy) is 1. The number of rotatable bonds is 2.